The maximum Gasteiger partial charge on any atom is 0.317 e. The van der Waals surface area contributed by atoms with Crippen molar-refractivity contribution in [3.8, 4) is 0 Å². The van der Waals surface area contributed by atoms with E-state index in [1.165, 1.54) is 6.26 Å². The van der Waals surface area contributed by atoms with E-state index in [4.69, 9.17) is 4.52 Å². The minimum Gasteiger partial charge on any atom is -0.339 e. The summed E-state index contributed by atoms with van der Waals surface area (Å²) >= 11 is 0. The van der Waals surface area contributed by atoms with Gasteiger partial charge in [-0.05, 0) is 31.6 Å². The van der Waals surface area contributed by atoms with E-state index >= 15 is 0 Å². The summed E-state index contributed by atoms with van der Waals surface area (Å²) in [5.74, 6) is 1.94. The first-order valence-electron chi connectivity index (χ1n) is 8.43. The lowest BCUT2D eigenvalue weighted by molar-refractivity contribution is 0.170. The van der Waals surface area contributed by atoms with Crippen molar-refractivity contribution in [1.29, 1.82) is 0 Å². The first-order chi connectivity index (χ1) is 11.4. The second kappa shape index (κ2) is 7.08. The molecule has 134 valence electrons. The van der Waals surface area contributed by atoms with Crippen LogP contribution >= 0.6 is 0 Å². The molecule has 1 saturated heterocycles. The van der Waals surface area contributed by atoms with Crippen LogP contribution in [0.4, 0.5) is 4.79 Å². The van der Waals surface area contributed by atoms with Gasteiger partial charge in [-0.25, -0.2) is 13.2 Å². The molecule has 3 rings (SSSR count). The molecule has 9 heteroatoms. The number of hydrogen-bond acceptors (Lipinski definition) is 6. The maximum absolute atomic E-state index is 12.2. The van der Waals surface area contributed by atoms with E-state index in [1.54, 1.807) is 4.90 Å². The fourth-order valence-electron chi connectivity index (χ4n) is 3.08. The molecule has 2 amide bonds. The predicted octanol–water partition coefficient (Wildman–Crippen LogP) is 0.956. The molecule has 1 aromatic rings. The molecule has 1 aliphatic carbocycles. The van der Waals surface area contributed by atoms with E-state index in [0.29, 0.717) is 37.9 Å². The fraction of sp³-hybridized carbons (Fsp3) is 0.800. The second-order valence-electron chi connectivity index (χ2n) is 6.85. The number of hydrogen-bond donors (Lipinski definition) is 1. The van der Waals surface area contributed by atoms with Crippen LogP contribution in [0.15, 0.2) is 4.52 Å². The van der Waals surface area contributed by atoms with Crippen molar-refractivity contribution < 1.29 is 17.7 Å². The Kier molecular flexibility index (Phi) is 5.07. The summed E-state index contributed by atoms with van der Waals surface area (Å²) in [6, 6.07) is -0.157. The van der Waals surface area contributed by atoms with Gasteiger partial charge in [-0.1, -0.05) is 5.16 Å². The van der Waals surface area contributed by atoms with E-state index in [-0.39, 0.29) is 17.7 Å². The number of rotatable bonds is 6. The average molecular weight is 356 g/mol. The minimum absolute atomic E-state index is 0.0246. The second-order valence-corrected chi connectivity index (χ2v) is 9.03. The number of aromatic nitrogens is 2. The van der Waals surface area contributed by atoms with Gasteiger partial charge in [0.05, 0.1) is 5.75 Å². The van der Waals surface area contributed by atoms with Gasteiger partial charge in [0.1, 0.15) is 9.84 Å². The van der Waals surface area contributed by atoms with Crippen LogP contribution in [0.25, 0.3) is 0 Å². The third-order valence-electron chi connectivity index (χ3n) is 4.39. The molecule has 1 aliphatic heterocycles. The van der Waals surface area contributed by atoms with Gasteiger partial charge in [0.2, 0.25) is 5.89 Å². The van der Waals surface area contributed by atoms with E-state index in [0.717, 1.165) is 31.5 Å². The Morgan fingerprint density at radius 2 is 2.17 bits per heavy atom. The molecule has 0 aromatic carbocycles. The lowest BCUT2D eigenvalue weighted by Gasteiger charge is -2.32. The van der Waals surface area contributed by atoms with Gasteiger partial charge in [-0.2, -0.15) is 4.98 Å². The zero-order valence-corrected chi connectivity index (χ0v) is 14.7. The van der Waals surface area contributed by atoms with Gasteiger partial charge in [-0.3, -0.25) is 0 Å². The van der Waals surface area contributed by atoms with Gasteiger partial charge >= 0.3 is 6.03 Å². The molecule has 0 bridgehead atoms. The fourth-order valence-corrected chi connectivity index (χ4v) is 4.21. The van der Waals surface area contributed by atoms with Crippen LogP contribution < -0.4 is 5.32 Å². The Balaban J connectivity index is 1.42. The monoisotopic (exact) mass is 356 g/mol. The topological polar surface area (TPSA) is 105 Å². The lowest BCUT2D eigenvalue weighted by Crippen LogP contribution is -2.47. The van der Waals surface area contributed by atoms with Crippen LogP contribution in [-0.4, -0.2) is 61.1 Å². The highest BCUT2D eigenvalue weighted by Gasteiger charge is 2.29. The Bertz CT molecular complexity index is 683. The van der Waals surface area contributed by atoms with Crippen molar-refractivity contribution in [2.45, 2.75) is 38.0 Å². The highest BCUT2D eigenvalue weighted by Crippen LogP contribution is 2.38. The maximum atomic E-state index is 12.2. The van der Waals surface area contributed by atoms with Gasteiger partial charge in [0.15, 0.2) is 5.82 Å². The van der Waals surface area contributed by atoms with E-state index in [2.05, 4.69) is 15.5 Å². The first kappa shape index (κ1) is 17.2. The number of carbonyl (C=O) groups excluding carboxylic acids is 1. The van der Waals surface area contributed by atoms with E-state index < -0.39 is 9.84 Å². The Morgan fingerprint density at radius 3 is 2.88 bits per heavy atom. The molecule has 0 unspecified atom stereocenters. The molecule has 1 atom stereocenters. The van der Waals surface area contributed by atoms with Crippen molar-refractivity contribution >= 4 is 15.9 Å². The predicted molar refractivity (Wildman–Crippen MR) is 87.4 cm³/mol. The summed E-state index contributed by atoms with van der Waals surface area (Å²) < 4.78 is 28.0. The number of amides is 2. The SMILES string of the molecule is CS(=O)(=O)C[C@H]1CCCN(C(=O)NCCc2nc(C3CC3)no2)C1. The van der Waals surface area contributed by atoms with Crippen LogP contribution in [0.2, 0.25) is 0 Å². The first-order valence-corrected chi connectivity index (χ1v) is 10.5. The number of sulfone groups is 1. The molecule has 0 radical (unpaired) electrons. The molecule has 0 spiro atoms. The highest BCUT2D eigenvalue weighted by molar-refractivity contribution is 7.90. The van der Waals surface area contributed by atoms with E-state index in [1.807, 2.05) is 0 Å². The highest BCUT2D eigenvalue weighted by atomic mass is 32.2. The molecule has 2 aliphatic rings. The molecule has 2 fully saturated rings. The molecular weight excluding hydrogens is 332 g/mol. The summed E-state index contributed by atoms with van der Waals surface area (Å²) in [7, 11) is -3.01. The molecule has 8 nitrogen and oxygen atoms in total. The number of likely N-dealkylation sites (tertiary alicyclic amines) is 1. The van der Waals surface area contributed by atoms with Crippen LogP contribution in [0.1, 0.15) is 43.3 Å². The third kappa shape index (κ3) is 4.93. The zero-order chi connectivity index (χ0) is 17.2. The third-order valence-corrected chi connectivity index (χ3v) is 5.46. The summed E-state index contributed by atoms with van der Waals surface area (Å²) in [6.45, 7) is 1.59. The van der Waals surface area contributed by atoms with E-state index in [9.17, 15) is 13.2 Å². The lowest BCUT2D eigenvalue weighted by atomic mass is 10.0. The number of piperidine rings is 1. The number of nitrogens with one attached hydrogen (secondary N) is 1. The molecule has 24 heavy (non-hydrogen) atoms. The smallest absolute Gasteiger partial charge is 0.317 e. The summed E-state index contributed by atoms with van der Waals surface area (Å²) in [4.78, 5) is 18.2. The number of nitrogens with zero attached hydrogens (tertiary/aromatic N) is 3. The molecule has 1 saturated carbocycles. The number of urea groups is 1. The van der Waals surface area contributed by atoms with Crippen molar-refractivity contribution in [2.75, 3.05) is 31.6 Å². The Hall–Kier alpha value is -1.64. The largest absolute Gasteiger partial charge is 0.339 e. The van der Waals surface area contributed by atoms with Crippen LogP contribution in [-0.2, 0) is 16.3 Å². The molecule has 1 N–H and O–H groups in total. The molecule has 1 aromatic heterocycles. The van der Waals surface area contributed by atoms with Gasteiger partial charge < -0.3 is 14.7 Å². The van der Waals surface area contributed by atoms with Gasteiger partial charge in [-0.15, -0.1) is 0 Å². The van der Waals surface area contributed by atoms with Gasteiger partial charge in [0.25, 0.3) is 0 Å². The summed E-state index contributed by atoms with van der Waals surface area (Å²) in [5, 5.41) is 6.79. The zero-order valence-electron chi connectivity index (χ0n) is 13.9. The van der Waals surface area contributed by atoms with Crippen LogP contribution in [0.3, 0.4) is 0 Å². The van der Waals surface area contributed by atoms with Gasteiger partial charge in [0, 0.05) is 38.2 Å². The van der Waals surface area contributed by atoms with Crippen molar-refractivity contribution in [2.24, 2.45) is 5.92 Å². The standard InChI is InChI=1S/C15H24N4O4S/c1-24(21,22)10-11-3-2-8-19(9-11)15(20)16-7-6-13-17-14(18-23-13)12-4-5-12/h11-12H,2-10H2,1H3,(H,16,20)/t11-/m0/s1. The normalized spacial score (nSPS) is 21.7. The molecule has 2 heterocycles. The van der Waals surface area contributed by atoms with Crippen LogP contribution in [0, 0.1) is 5.92 Å². The van der Waals surface area contributed by atoms with Crippen molar-refractivity contribution in [3.63, 3.8) is 0 Å². The summed E-state index contributed by atoms with van der Waals surface area (Å²) in [5.41, 5.74) is 0. The van der Waals surface area contributed by atoms with Crippen molar-refractivity contribution in [3.05, 3.63) is 11.7 Å². The Labute approximate surface area is 141 Å². The quantitative estimate of drug-likeness (QED) is 0.814. The Morgan fingerprint density at radius 1 is 1.38 bits per heavy atom. The van der Waals surface area contributed by atoms with Crippen molar-refractivity contribution in [1.82, 2.24) is 20.4 Å². The molecular formula is C15H24N4O4S. The number of carbonyl (C=O) groups is 1. The van der Waals surface area contributed by atoms with Crippen LogP contribution in [0.5, 0.6) is 0 Å². The summed E-state index contributed by atoms with van der Waals surface area (Å²) in [6.07, 6.45) is 5.68. The average Bonchev–Trinajstić information content (AvgIpc) is 3.25. The minimum atomic E-state index is -3.01.